The van der Waals surface area contributed by atoms with Gasteiger partial charge in [0.25, 0.3) is 0 Å². The monoisotopic (exact) mass is 400 g/mol. The van der Waals surface area contributed by atoms with Crippen molar-refractivity contribution in [2.45, 2.75) is 26.7 Å². The molecule has 0 saturated carbocycles. The highest BCUT2D eigenvalue weighted by atomic mass is 16.6. The molecule has 1 amide bonds. The SMILES string of the molecule is Cc1c(-c2ccccc2)[nH]c2cc(OC(C)NC(=O)OCc3ccccc3)ccc12. The van der Waals surface area contributed by atoms with Gasteiger partial charge in [0, 0.05) is 22.7 Å². The molecule has 0 radical (unpaired) electrons. The van der Waals surface area contributed by atoms with E-state index in [9.17, 15) is 4.79 Å². The van der Waals surface area contributed by atoms with Crippen LogP contribution in [0.5, 0.6) is 5.75 Å². The summed E-state index contributed by atoms with van der Waals surface area (Å²) >= 11 is 0. The first-order valence-electron chi connectivity index (χ1n) is 9.92. The number of H-pyrrole nitrogens is 1. The van der Waals surface area contributed by atoms with Gasteiger partial charge in [0.05, 0.1) is 0 Å². The summed E-state index contributed by atoms with van der Waals surface area (Å²) < 4.78 is 11.1. The second-order valence-corrected chi connectivity index (χ2v) is 7.16. The standard InChI is InChI=1S/C25H24N2O3/c1-17-22-14-13-21(15-23(22)27-24(17)20-11-7-4-8-12-20)30-18(2)26-25(28)29-16-19-9-5-3-6-10-19/h3-15,18,27H,16H2,1-2H3,(H,26,28). The van der Waals surface area contributed by atoms with Crippen LogP contribution in [0.25, 0.3) is 22.2 Å². The molecule has 1 heterocycles. The van der Waals surface area contributed by atoms with E-state index in [1.165, 1.54) is 5.56 Å². The largest absolute Gasteiger partial charge is 0.471 e. The minimum Gasteiger partial charge on any atom is -0.471 e. The third-order valence-corrected chi connectivity index (χ3v) is 4.94. The van der Waals surface area contributed by atoms with E-state index in [0.29, 0.717) is 5.75 Å². The van der Waals surface area contributed by atoms with Gasteiger partial charge in [-0.15, -0.1) is 0 Å². The molecule has 3 aromatic carbocycles. The third kappa shape index (κ3) is 4.46. The molecule has 2 N–H and O–H groups in total. The molecule has 0 bridgehead atoms. The first-order valence-corrected chi connectivity index (χ1v) is 9.92. The van der Waals surface area contributed by atoms with Crippen molar-refractivity contribution in [3.05, 3.63) is 90.0 Å². The van der Waals surface area contributed by atoms with E-state index in [2.05, 4.69) is 29.4 Å². The predicted molar refractivity (Wildman–Crippen MR) is 118 cm³/mol. The van der Waals surface area contributed by atoms with Gasteiger partial charge in [-0.05, 0) is 42.7 Å². The summed E-state index contributed by atoms with van der Waals surface area (Å²) in [5.74, 6) is 0.666. The molecule has 4 aromatic rings. The van der Waals surface area contributed by atoms with Crippen LogP contribution in [0.3, 0.4) is 0 Å². The fourth-order valence-electron chi connectivity index (χ4n) is 3.45. The van der Waals surface area contributed by atoms with E-state index in [0.717, 1.165) is 27.7 Å². The molecule has 30 heavy (non-hydrogen) atoms. The fraction of sp³-hybridized carbons (Fsp3) is 0.160. The van der Waals surface area contributed by atoms with Gasteiger partial charge in [-0.1, -0.05) is 60.7 Å². The lowest BCUT2D eigenvalue weighted by molar-refractivity contribution is 0.111. The number of aromatic nitrogens is 1. The highest BCUT2D eigenvalue weighted by Crippen LogP contribution is 2.31. The van der Waals surface area contributed by atoms with Gasteiger partial charge >= 0.3 is 6.09 Å². The minimum absolute atomic E-state index is 0.218. The average molecular weight is 400 g/mol. The van der Waals surface area contributed by atoms with Gasteiger partial charge in [0.2, 0.25) is 0 Å². The number of carbonyl (C=O) groups is 1. The zero-order valence-electron chi connectivity index (χ0n) is 17.0. The molecular weight excluding hydrogens is 376 g/mol. The number of fused-ring (bicyclic) bond motifs is 1. The summed E-state index contributed by atoms with van der Waals surface area (Å²) in [5.41, 5.74) is 5.35. The molecule has 0 saturated heterocycles. The van der Waals surface area contributed by atoms with Crippen molar-refractivity contribution >= 4 is 17.0 Å². The molecule has 5 nitrogen and oxygen atoms in total. The van der Waals surface area contributed by atoms with Crippen molar-refractivity contribution in [2.75, 3.05) is 0 Å². The summed E-state index contributed by atoms with van der Waals surface area (Å²) in [7, 11) is 0. The summed E-state index contributed by atoms with van der Waals surface area (Å²) in [6.45, 7) is 4.09. The Morgan fingerprint density at radius 1 is 1.00 bits per heavy atom. The molecule has 0 aliphatic rings. The van der Waals surface area contributed by atoms with Gasteiger partial charge in [-0.3, -0.25) is 5.32 Å². The zero-order valence-corrected chi connectivity index (χ0v) is 17.0. The summed E-state index contributed by atoms with van der Waals surface area (Å²) in [6.07, 6.45) is -1.05. The number of benzene rings is 3. The first-order chi connectivity index (χ1) is 14.6. The van der Waals surface area contributed by atoms with E-state index in [1.54, 1.807) is 6.92 Å². The predicted octanol–water partition coefficient (Wildman–Crippen LogP) is 5.79. The van der Waals surface area contributed by atoms with E-state index < -0.39 is 12.3 Å². The number of amides is 1. The number of hydrogen-bond donors (Lipinski definition) is 2. The topological polar surface area (TPSA) is 63.3 Å². The summed E-state index contributed by atoms with van der Waals surface area (Å²) in [6, 6.07) is 25.7. The Kier molecular flexibility index (Phi) is 5.70. The van der Waals surface area contributed by atoms with Gasteiger partial charge in [-0.25, -0.2) is 4.79 Å². The average Bonchev–Trinajstić information content (AvgIpc) is 3.09. The Balaban J connectivity index is 1.40. The number of ether oxygens (including phenoxy) is 2. The molecule has 152 valence electrons. The highest BCUT2D eigenvalue weighted by molar-refractivity contribution is 5.91. The second kappa shape index (κ2) is 8.74. The zero-order chi connectivity index (χ0) is 20.9. The molecule has 0 aliphatic carbocycles. The number of alkyl carbamates (subject to hydrolysis) is 1. The maximum Gasteiger partial charge on any atom is 0.410 e. The molecule has 0 fully saturated rings. The van der Waals surface area contributed by atoms with Crippen LogP contribution in [0, 0.1) is 6.92 Å². The van der Waals surface area contributed by atoms with Crippen molar-refractivity contribution < 1.29 is 14.3 Å². The van der Waals surface area contributed by atoms with Crippen molar-refractivity contribution in [1.82, 2.24) is 10.3 Å². The van der Waals surface area contributed by atoms with Crippen LogP contribution in [0.15, 0.2) is 78.9 Å². The second-order valence-electron chi connectivity index (χ2n) is 7.16. The van der Waals surface area contributed by atoms with Crippen LogP contribution in [0.4, 0.5) is 4.79 Å². The molecule has 0 spiro atoms. The van der Waals surface area contributed by atoms with Crippen LogP contribution in [-0.4, -0.2) is 17.3 Å². The quantitative estimate of drug-likeness (QED) is 0.402. The molecule has 1 aromatic heterocycles. The van der Waals surface area contributed by atoms with Crippen LogP contribution < -0.4 is 10.1 Å². The molecular formula is C25H24N2O3. The van der Waals surface area contributed by atoms with E-state index in [1.807, 2.05) is 66.7 Å². The summed E-state index contributed by atoms with van der Waals surface area (Å²) in [4.78, 5) is 15.5. The molecule has 4 rings (SSSR count). The number of carbonyl (C=O) groups excluding carboxylic acids is 1. The Bertz CT molecular complexity index is 1140. The maximum atomic E-state index is 12.0. The van der Waals surface area contributed by atoms with E-state index in [-0.39, 0.29) is 6.61 Å². The number of hydrogen-bond acceptors (Lipinski definition) is 3. The molecule has 1 atom stereocenters. The summed E-state index contributed by atoms with van der Waals surface area (Å²) in [5, 5.41) is 3.84. The van der Waals surface area contributed by atoms with Crippen molar-refractivity contribution in [1.29, 1.82) is 0 Å². The number of aromatic amines is 1. The lowest BCUT2D eigenvalue weighted by Gasteiger charge is -2.16. The minimum atomic E-state index is -0.532. The Hall–Kier alpha value is -3.73. The third-order valence-electron chi connectivity index (χ3n) is 4.94. The Morgan fingerprint density at radius 2 is 1.70 bits per heavy atom. The highest BCUT2D eigenvalue weighted by Gasteiger charge is 2.13. The molecule has 0 aliphatic heterocycles. The van der Waals surface area contributed by atoms with E-state index in [4.69, 9.17) is 9.47 Å². The van der Waals surface area contributed by atoms with Crippen LogP contribution >= 0.6 is 0 Å². The van der Waals surface area contributed by atoms with Crippen molar-refractivity contribution in [2.24, 2.45) is 0 Å². The molecule has 5 heteroatoms. The number of nitrogens with one attached hydrogen (secondary N) is 2. The van der Waals surface area contributed by atoms with Crippen molar-refractivity contribution in [3.8, 4) is 17.0 Å². The van der Waals surface area contributed by atoms with Gasteiger partial charge in [0.1, 0.15) is 12.4 Å². The van der Waals surface area contributed by atoms with Crippen LogP contribution in [0.2, 0.25) is 0 Å². The van der Waals surface area contributed by atoms with Gasteiger partial charge < -0.3 is 14.5 Å². The lowest BCUT2D eigenvalue weighted by atomic mass is 10.1. The fourth-order valence-corrected chi connectivity index (χ4v) is 3.45. The molecule has 1 unspecified atom stereocenters. The maximum absolute atomic E-state index is 12.0. The van der Waals surface area contributed by atoms with Gasteiger partial charge in [0.15, 0.2) is 6.23 Å². The number of aryl methyl sites for hydroxylation is 1. The Morgan fingerprint density at radius 3 is 2.43 bits per heavy atom. The smallest absolute Gasteiger partial charge is 0.410 e. The van der Waals surface area contributed by atoms with E-state index >= 15 is 0 Å². The van der Waals surface area contributed by atoms with Crippen LogP contribution in [0.1, 0.15) is 18.1 Å². The number of rotatable bonds is 6. The van der Waals surface area contributed by atoms with Crippen molar-refractivity contribution in [3.63, 3.8) is 0 Å². The van der Waals surface area contributed by atoms with Gasteiger partial charge in [-0.2, -0.15) is 0 Å². The Labute approximate surface area is 175 Å². The van der Waals surface area contributed by atoms with Crippen LogP contribution in [-0.2, 0) is 11.3 Å². The lowest BCUT2D eigenvalue weighted by Crippen LogP contribution is -2.36. The first kappa shape index (κ1) is 19.6. The normalized spacial score (nSPS) is 11.8.